The van der Waals surface area contributed by atoms with Crippen LogP contribution in [-0.2, 0) is 7.05 Å². The highest BCUT2D eigenvalue weighted by molar-refractivity contribution is 9.10. The fourth-order valence-corrected chi connectivity index (χ4v) is 3.16. The van der Waals surface area contributed by atoms with E-state index in [1.165, 1.54) is 0 Å². The van der Waals surface area contributed by atoms with Crippen LogP contribution in [-0.4, -0.2) is 32.1 Å². The van der Waals surface area contributed by atoms with Crippen molar-refractivity contribution in [2.75, 3.05) is 6.54 Å². The van der Waals surface area contributed by atoms with E-state index in [0.29, 0.717) is 16.0 Å². The molecule has 0 spiro atoms. The Hall–Kier alpha value is -1.63. The zero-order valence-corrected chi connectivity index (χ0v) is 12.9. The molecular formula is C13H15BrN4O2. The smallest absolute Gasteiger partial charge is 0.258 e. The highest BCUT2D eigenvalue weighted by Crippen LogP contribution is 2.33. The van der Waals surface area contributed by atoms with Gasteiger partial charge in [-0.3, -0.25) is 4.79 Å². The standard InChI is InChI=1S/C13H15BrN4O2/c1-8-9(6-11(14)20-8)13(19)18-5-3-4-10(18)12-16-15-7-17(12)2/h6-7,10H,3-5H2,1-2H3. The van der Waals surface area contributed by atoms with E-state index in [2.05, 4.69) is 26.1 Å². The van der Waals surface area contributed by atoms with E-state index in [9.17, 15) is 4.79 Å². The first-order chi connectivity index (χ1) is 9.58. The second-order valence-electron chi connectivity index (χ2n) is 4.98. The molecule has 0 aliphatic carbocycles. The van der Waals surface area contributed by atoms with Crippen LogP contribution in [0.5, 0.6) is 0 Å². The highest BCUT2D eigenvalue weighted by Gasteiger charge is 2.34. The number of hydrogen-bond donors (Lipinski definition) is 0. The van der Waals surface area contributed by atoms with Gasteiger partial charge in [0.2, 0.25) is 0 Å². The summed E-state index contributed by atoms with van der Waals surface area (Å²) < 4.78 is 7.83. The largest absolute Gasteiger partial charge is 0.454 e. The Balaban J connectivity index is 1.91. The number of carbonyl (C=O) groups is 1. The molecule has 6 nitrogen and oxygen atoms in total. The van der Waals surface area contributed by atoms with Crippen molar-refractivity contribution >= 4 is 21.8 Å². The second kappa shape index (κ2) is 5.05. The molecule has 0 radical (unpaired) electrons. The van der Waals surface area contributed by atoms with Gasteiger partial charge in [0, 0.05) is 19.7 Å². The van der Waals surface area contributed by atoms with E-state index in [4.69, 9.17) is 4.42 Å². The van der Waals surface area contributed by atoms with Crippen molar-refractivity contribution in [1.82, 2.24) is 19.7 Å². The van der Waals surface area contributed by atoms with Crippen LogP contribution in [0, 0.1) is 6.92 Å². The molecule has 1 fully saturated rings. The van der Waals surface area contributed by atoms with Gasteiger partial charge in [0.15, 0.2) is 10.5 Å². The SMILES string of the molecule is Cc1oc(Br)cc1C(=O)N1CCCC1c1nncn1C. The van der Waals surface area contributed by atoms with E-state index in [0.717, 1.165) is 25.2 Å². The molecule has 1 unspecified atom stereocenters. The lowest BCUT2D eigenvalue weighted by molar-refractivity contribution is 0.0726. The van der Waals surface area contributed by atoms with E-state index < -0.39 is 0 Å². The van der Waals surface area contributed by atoms with Gasteiger partial charge in [-0.05, 0) is 35.7 Å². The van der Waals surface area contributed by atoms with Gasteiger partial charge in [0.1, 0.15) is 12.1 Å². The lowest BCUT2D eigenvalue weighted by Crippen LogP contribution is -2.32. The fourth-order valence-electron chi connectivity index (χ4n) is 2.68. The number of likely N-dealkylation sites (tertiary alicyclic amines) is 1. The van der Waals surface area contributed by atoms with Crippen molar-refractivity contribution < 1.29 is 9.21 Å². The summed E-state index contributed by atoms with van der Waals surface area (Å²) in [5, 5.41) is 8.04. The Bertz CT molecular complexity index is 649. The Kier molecular flexibility index (Phi) is 3.37. The van der Waals surface area contributed by atoms with Crippen molar-refractivity contribution in [2.24, 2.45) is 7.05 Å². The second-order valence-corrected chi connectivity index (χ2v) is 5.76. The third-order valence-corrected chi connectivity index (χ3v) is 4.07. The number of furan rings is 1. The summed E-state index contributed by atoms with van der Waals surface area (Å²) in [6.45, 7) is 2.53. The van der Waals surface area contributed by atoms with E-state index in [1.807, 2.05) is 16.5 Å². The van der Waals surface area contributed by atoms with Crippen molar-refractivity contribution in [2.45, 2.75) is 25.8 Å². The Labute approximate surface area is 124 Å². The molecule has 1 aliphatic rings. The molecule has 1 atom stereocenters. The van der Waals surface area contributed by atoms with Crippen LogP contribution < -0.4 is 0 Å². The van der Waals surface area contributed by atoms with Crippen LogP contribution in [0.15, 0.2) is 21.5 Å². The first-order valence-electron chi connectivity index (χ1n) is 6.48. The number of carbonyl (C=O) groups excluding carboxylic acids is 1. The van der Waals surface area contributed by atoms with Crippen LogP contribution >= 0.6 is 15.9 Å². The highest BCUT2D eigenvalue weighted by atomic mass is 79.9. The van der Waals surface area contributed by atoms with Gasteiger partial charge >= 0.3 is 0 Å². The predicted molar refractivity (Wildman–Crippen MR) is 75.2 cm³/mol. The maximum Gasteiger partial charge on any atom is 0.258 e. The van der Waals surface area contributed by atoms with Crippen molar-refractivity contribution in [3.05, 3.63) is 34.2 Å². The number of amides is 1. The third-order valence-electron chi connectivity index (χ3n) is 3.68. The van der Waals surface area contributed by atoms with Gasteiger partial charge in [0.05, 0.1) is 11.6 Å². The quantitative estimate of drug-likeness (QED) is 0.843. The lowest BCUT2D eigenvalue weighted by atomic mass is 10.1. The number of aromatic nitrogens is 3. The summed E-state index contributed by atoms with van der Waals surface area (Å²) in [7, 11) is 1.90. The summed E-state index contributed by atoms with van der Waals surface area (Å²) in [4.78, 5) is 14.5. The molecule has 3 heterocycles. The molecular weight excluding hydrogens is 324 g/mol. The molecule has 106 valence electrons. The molecule has 20 heavy (non-hydrogen) atoms. The van der Waals surface area contributed by atoms with E-state index in [1.54, 1.807) is 19.3 Å². The first-order valence-corrected chi connectivity index (χ1v) is 7.28. The minimum absolute atomic E-state index is 0.0110. The number of aryl methyl sites for hydroxylation is 2. The average molecular weight is 339 g/mol. The van der Waals surface area contributed by atoms with Crippen LogP contribution in [0.25, 0.3) is 0 Å². The zero-order chi connectivity index (χ0) is 14.3. The summed E-state index contributed by atoms with van der Waals surface area (Å²) in [5.74, 6) is 1.45. The molecule has 0 aromatic carbocycles. The lowest BCUT2D eigenvalue weighted by Gasteiger charge is -2.23. The molecule has 0 N–H and O–H groups in total. The molecule has 0 saturated carbocycles. The molecule has 2 aromatic heterocycles. The Morgan fingerprint density at radius 2 is 2.35 bits per heavy atom. The van der Waals surface area contributed by atoms with Crippen LogP contribution in [0.1, 0.15) is 40.8 Å². The fraction of sp³-hybridized carbons (Fsp3) is 0.462. The van der Waals surface area contributed by atoms with Gasteiger partial charge in [-0.25, -0.2) is 0 Å². The topological polar surface area (TPSA) is 64.2 Å². The van der Waals surface area contributed by atoms with Gasteiger partial charge in [-0.2, -0.15) is 0 Å². The first kappa shape index (κ1) is 13.4. The van der Waals surface area contributed by atoms with Crippen molar-refractivity contribution in [1.29, 1.82) is 0 Å². The third kappa shape index (κ3) is 2.15. The van der Waals surface area contributed by atoms with Crippen molar-refractivity contribution in [3.8, 4) is 0 Å². The molecule has 0 bridgehead atoms. The maximum absolute atomic E-state index is 12.7. The monoisotopic (exact) mass is 338 g/mol. The predicted octanol–water partition coefficient (Wildman–Crippen LogP) is 2.46. The minimum atomic E-state index is -0.0116. The number of rotatable bonds is 2. The van der Waals surface area contributed by atoms with E-state index in [-0.39, 0.29) is 11.9 Å². The zero-order valence-electron chi connectivity index (χ0n) is 11.3. The average Bonchev–Trinajstić information content (AvgIpc) is 3.08. The summed E-state index contributed by atoms with van der Waals surface area (Å²) in [6, 6.07) is 1.71. The molecule has 3 rings (SSSR count). The Morgan fingerprint density at radius 3 is 2.95 bits per heavy atom. The number of hydrogen-bond acceptors (Lipinski definition) is 4. The maximum atomic E-state index is 12.7. The normalized spacial score (nSPS) is 18.8. The number of nitrogens with zero attached hydrogens (tertiary/aromatic N) is 4. The van der Waals surface area contributed by atoms with E-state index >= 15 is 0 Å². The van der Waals surface area contributed by atoms with Crippen LogP contribution in [0.3, 0.4) is 0 Å². The van der Waals surface area contributed by atoms with Crippen molar-refractivity contribution in [3.63, 3.8) is 0 Å². The number of halogens is 1. The van der Waals surface area contributed by atoms with Crippen LogP contribution in [0.4, 0.5) is 0 Å². The summed E-state index contributed by atoms with van der Waals surface area (Å²) in [6.07, 6.45) is 3.55. The summed E-state index contributed by atoms with van der Waals surface area (Å²) >= 11 is 3.26. The van der Waals surface area contributed by atoms with Gasteiger partial charge in [-0.15, -0.1) is 10.2 Å². The molecule has 7 heteroatoms. The van der Waals surface area contributed by atoms with Gasteiger partial charge < -0.3 is 13.9 Å². The molecule has 1 amide bonds. The molecule has 1 saturated heterocycles. The Morgan fingerprint density at radius 1 is 1.55 bits per heavy atom. The summed E-state index contributed by atoms with van der Waals surface area (Å²) in [5.41, 5.74) is 0.603. The molecule has 1 aliphatic heterocycles. The van der Waals surface area contributed by atoms with Crippen LogP contribution in [0.2, 0.25) is 0 Å². The minimum Gasteiger partial charge on any atom is -0.454 e. The van der Waals surface area contributed by atoms with Gasteiger partial charge in [0.25, 0.3) is 5.91 Å². The molecule has 2 aromatic rings. The van der Waals surface area contributed by atoms with Gasteiger partial charge in [-0.1, -0.05) is 0 Å².